The van der Waals surface area contributed by atoms with E-state index in [9.17, 15) is 4.79 Å². The van der Waals surface area contributed by atoms with Crippen molar-refractivity contribution in [1.82, 2.24) is 24.8 Å². The first-order valence-corrected chi connectivity index (χ1v) is 16.8. The van der Waals surface area contributed by atoms with Crippen LogP contribution in [0.3, 0.4) is 0 Å². The molecule has 0 unspecified atom stereocenters. The van der Waals surface area contributed by atoms with Crippen molar-refractivity contribution in [2.45, 2.75) is 38.3 Å². The summed E-state index contributed by atoms with van der Waals surface area (Å²) in [5, 5.41) is 8.57. The molecular weight excluding hydrogens is 589 g/mol. The Morgan fingerprint density at radius 2 is 1.83 bits per heavy atom. The smallest absolute Gasteiger partial charge is 0.236 e. The van der Waals surface area contributed by atoms with E-state index in [0.717, 1.165) is 62.8 Å². The Kier molecular flexibility index (Phi) is 8.87. The molecule has 4 aromatic heterocycles. The fraction of sp³-hybridized carbons (Fsp3) is 0.267. The van der Waals surface area contributed by atoms with Crippen LogP contribution >= 0.6 is 46.2 Å². The van der Waals surface area contributed by atoms with E-state index in [1.807, 2.05) is 42.4 Å². The Morgan fingerprint density at radius 1 is 1.02 bits per heavy atom. The number of anilines is 2. The minimum atomic E-state index is 0.203. The highest BCUT2D eigenvalue weighted by atomic mass is 32.2. The third-order valence-corrected chi connectivity index (χ3v) is 10.7. The highest BCUT2D eigenvalue weighted by Crippen LogP contribution is 2.41. The highest BCUT2D eigenvalue weighted by Gasteiger charge is 2.25. The van der Waals surface area contributed by atoms with Gasteiger partial charge in [-0.05, 0) is 62.6 Å². The van der Waals surface area contributed by atoms with Crippen LogP contribution in [-0.4, -0.2) is 64.4 Å². The lowest BCUT2D eigenvalue weighted by atomic mass is 9.94. The molecule has 0 aliphatic carbocycles. The number of likely N-dealkylation sites (tertiary alicyclic amines) is 1. The molecule has 11 heteroatoms. The number of carbonyl (C=O) groups is 1. The van der Waals surface area contributed by atoms with E-state index in [-0.39, 0.29) is 5.91 Å². The van der Waals surface area contributed by atoms with Gasteiger partial charge in [0.2, 0.25) is 5.91 Å². The minimum Gasteiger partial charge on any atom is -0.342 e. The van der Waals surface area contributed by atoms with Gasteiger partial charge in [-0.1, -0.05) is 41.7 Å². The Balaban J connectivity index is 1.19. The molecule has 0 radical (unpaired) electrons. The maximum Gasteiger partial charge on any atom is 0.236 e. The van der Waals surface area contributed by atoms with Gasteiger partial charge in [0.1, 0.15) is 5.82 Å². The maximum absolute atomic E-state index is 12.4. The molecule has 41 heavy (non-hydrogen) atoms. The number of nitrogens with one attached hydrogen (secondary N) is 1. The van der Waals surface area contributed by atoms with Crippen LogP contribution in [0.25, 0.3) is 10.2 Å². The number of carbonyl (C=O) groups excluding carboxylic acids is 1. The standard InChI is InChI=1S/C30H30N6OS4/c1-35(2)18-27(37)36-13-9-20(10-14-36)24-19-39-30(33-24)34-29-26(40-21-6-4-3-5-7-21)16-22(17-32-29)41-25-8-12-31-23-11-15-38-28(23)25/h3-8,11-12,15-17,19-20H,9-10,13-14,18H2,1-2H3,(H,32,33,34). The number of thiazole rings is 1. The topological polar surface area (TPSA) is 74.2 Å². The van der Waals surface area contributed by atoms with Crippen molar-refractivity contribution >= 4 is 73.3 Å². The van der Waals surface area contributed by atoms with Crippen molar-refractivity contribution in [3.8, 4) is 0 Å². The fourth-order valence-electron chi connectivity index (χ4n) is 4.75. The first kappa shape index (κ1) is 28.2. The lowest BCUT2D eigenvalue weighted by Gasteiger charge is -2.32. The Hall–Kier alpha value is -2.96. The van der Waals surface area contributed by atoms with Gasteiger partial charge < -0.3 is 15.1 Å². The number of piperidine rings is 1. The number of likely N-dealkylation sites (N-methyl/N-ethyl adjacent to an activating group) is 1. The number of hydrogen-bond acceptors (Lipinski definition) is 10. The van der Waals surface area contributed by atoms with E-state index < -0.39 is 0 Å². The van der Waals surface area contributed by atoms with E-state index in [0.29, 0.717) is 12.5 Å². The summed E-state index contributed by atoms with van der Waals surface area (Å²) < 4.78 is 1.19. The second kappa shape index (κ2) is 12.9. The van der Waals surface area contributed by atoms with Crippen molar-refractivity contribution in [2.75, 3.05) is 39.0 Å². The molecule has 0 saturated carbocycles. The zero-order valence-corrected chi connectivity index (χ0v) is 26.1. The van der Waals surface area contributed by atoms with Crippen LogP contribution in [0, 0.1) is 0 Å². The Bertz CT molecular complexity index is 1630. The molecule has 7 nitrogen and oxygen atoms in total. The summed E-state index contributed by atoms with van der Waals surface area (Å²) in [4.78, 5) is 35.1. The van der Waals surface area contributed by atoms with Gasteiger partial charge in [0.25, 0.3) is 0 Å². The van der Waals surface area contributed by atoms with Crippen LogP contribution < -0.4 is 5.32 Å². The number of aromatic nitrogens is 3. The summed E-state index contributed by atoms with van der Waals surface area (Å²) in [6.45, 7) is 2.03. The fourth-order valence-corrected chi connectivity index (χ4v) is 8.44. The number of pyridine rings is 2. The van der Waals surface area contributed by atoms with Crippen molar-refractivity contribution < 1.29 is 4.79 Å². The molecule has 1 amide bonds. The third kappa shape index (κ3) is 6.92. The molecule has 0 bridgehead atoms. The number of hydrogen-bond donors (Lipinski definition) is 1. The first-order chi connectivity index (χ1) is 20.0. The predicted molar refractivity (Wildman–Crippen MR) is 171 cm³/mol. The molecular formula is C30H30N6OS4. The van der Waals surface area contributed by atoms with Gasteiger partial charge in [0.05, 0.1) is 27.4 Å². The number of benzene rings is 1. The summed E-state index contributed by atoms with van der Waals surface area (Å²) in [7, 11) is 3.87. The van der Waals surface area contributed by atoms with Gasteiger partial charge in [0.15, 0.2) is 5.13 Å². The molecule has 5 aromatic rings. The van der Waals surface area contributed by atoms with Gasteiger partial charge in [0, 0.05) is 51.5 Å². The zero-order valence-electron chi connectivity index (χ0n) is 22.8. The Morgan fingerprint density at radius 3 is 2.63 bits per heavy atom. The number of fused-ring (bicyclic) bond motifs is 1. The second-order valence-electron chi connectivity index (χ2n) is 10.1. The molecule has 1 aromatic carbocycles. The molecule has 1 aliphatic rings. The lowest BCUT2D eigenvalue weighted by molar-refractivity contribution is -0.132. The number of nitrogens with zero attached hydrogens (tertiary/aromatic N) is 5. The predicted octanol–water partition coefficient (Wildman–Crippen LogP) is 7.46. The summed E-state index contributed by atoms with van der Waals surface area (Å²) in [6, 6.07) is 16.7. The highest BCUT2D eigenvalue weighted by molar-refractivity contribution is 8.00. The van der Waals surface area contributed by atoms with Crippen molar-refractivity contribution in [3.05, 3.63) is 77.4 Å². The Labute approximate surface area is 256 Å². The van der Waals surface area contributed by atoms with Crippen LogP contribution in [0.1, 0.15) is 24.5 Å². The van der Waals surface area contributed by atoms with E-state index in [4.69, 9.17) is 9.97 Å². The molecule has 5 heterocycles. The van der Waals surface area contributed by atoms with Crippen molar-refractivity contribution in [3.63, 3.8) is 0 Å². The molecule has 1 fully saturated rings. The van der Waals surface area contributed by atoms with Crippen LogP contribution in [-0.2, 0) is 4.79 Å². The summed E-state index contributed by atoms with van der Waals surface area (Å²) >= 11 is 6.73. The van der Waals surface area contributed by atoms with Gasteiger partial charge in [-0.3, -0.25) is 9.78 Å². The lowest BCUT2D eigenvalue weighted by Crippen LogP contribution is -2.42. The SMILES string of the molecule is CN(C)CC(=O)N1CCC(c2csc(Nc3ncc(Sc4ccnc5ccsc45)cc3Sc3ccccc3)n2)CC1. The summed E-state index contributed by atoms with van der Waals surface area (Å²) in [5.41, 5.74) is 2.12. The number of thiophene rings is 1. The molecule has 6 rings (SSSR count). The average molecular weight is 619 g/mol. The molecule has 1 N–H and O–H groups in total. The first-order valence-electron chi connectivity index (χ1n) is 13.4. The number of rotatable bonds is 9. The van der Waals surface area contributed by atoms with E-state index in [2.05, 4.69) is 63.5 Å². The maximum atomic E-state index is 12.4. The summed E-state index contributed by atoms with van der Waals surface area (Å²) in [6.07, 6.45) is 5.67. The van der Waals surface area contributed by atoms with Gasteiger partial charge in [-0.25, -0.2) is 9.97 Å². The molecule has 1 saturated heterocycles. The molecule has 1 aliphatic heterocycles. The van der Waals surface area contributed by atoms with Crippen LogP contribution in [0.5, 0.6) is 0 Å². The van der Waals surface area contributed by atoms with Crippen LogP contribution in [0.15, 0.2) is 91.3 Å². The van der Waals surface area contributed by atoms with Gasteiger partial charge in [-0.2, -0.15) is 0 Å². The normalized spacial score (nSPS) is 14.2. The van der Waals surface area contributed by atoms with Gasteiger partial charge >= 0.3 is 0 Å². The second-order valence-corrected chi connectivity index (χ2v) is 14.1. The van der Waals surface area contributed by atoms with E-state index >= 15 is 0 Å². The van der Waals surface area contributed by atoms with Crippen LogP contribution in [0.4, 0.5) is 10.9 Å². The zero-order chi connectivity index (χ0) is 28.2. The summed E-state index contributed by atoms with van der Waals surface area (Å²) in [5.74, 6) is 1.36. The molecule has 210 valence electrons. The number of amides is 1. The van der Waals surface area contributed by atoms with Crippen molar-refractivity contribution in [1.29, 1.82) is 0 Å². The van der Waals surface area contributed by atoms with Crippen LogP contribution in [0.2, 0.25) is 0 Å². The average Bonchev–Trinajstić information content (AvgIpc) is 3.65. The van der Waals surface area contributed by atoms with E-state index in [1.54, 1.807) is 46.2 Å². The van der Waals surface area contributed by atoms with Gasteiger partial charge in [-0.15, -0.1) is 22.7 Å². The largest absolute Gasteiger partial charge is 0.342 e. The molecule has 0 spiro atoms. The monoisotopic (exact) mass is 618 g/mol. The van der Waals surface area contributed by atoms with E-state index in [1.165, 1.54) is 9.60 Å². The minimum absolute atomic E-state index is 0.203. The third-order valence-electron chi connectivity index (χ3n) is 6.80. The molecule has 0 atom stereocenters. The van der Waals surface area contributed by atoms with Crippen molar-refractivity contribution in [2.24, 2.45) is 0 Å². The quantitative estimate of drug-likeness (QED) is 0.183.